The Morgan fingerprint density at radius 3 is 1.67 bits per heavy atom. The Bertz CT molecular complexity index is 170. The Hall–Kier alpha value is -1.12. The van der Waals surface area contributed by atoms with Crippen LogP contribution in [0.15, 0.2) is 24.9 Å². The summed E-state index contributed by atoms with van der Waals surface area (Å²) in [6, 6.07) is 0. The average Bonchev–Trinajstić information content (AvgIpc) is 2.18. The molecule has 0 radical (unpaired) electrons. The van der Waals surface area contributed by atoms with E-state index in [0.717, 1.165) is 38.8 Å². The Labute approximate surface area is 93.6 Å². The zero-order chi connectivity index (χ0) is 11.5. The predicted molar refractivity (Wildman–Crippen MR) is 65.2 cm³/mol. The van der Waals surface area contributed by atoms with E-state index >= 15 is 0 Å². The molecule has 3 heteroatoms. The lowest BCUT2D eigenvalue weighted by molar-refractivity contribution is 0.251. The molecule has 0 unspecified atom stereocenters. The summed E-state index contributed by atoms with van der Waals surface area (Å²) in [6.45, 7) is 13.6. The van der Waals surface area contributed by atoms with Crippen LogP contribution in [-0.4, -0.2) is 13.1 Å². The number of ether oxygens (including phenoxy) is 1. The first-order valence-corrected chi connectivity index (χ1v) is 5.74. The number of hydrogen-bond donors (Lipinski definition) is 2. The molecule has 0 saturated heterocycles. The van der Waals surface area contributed by atoms with Crippen molar-refractivity contribution in [2.75, 3.05) is 13.1 Å². The lowest BCUT2D eigenvalue weighted by atomic mass is 10.3. The third-order valence-corrected chi connectivity index (χ3v) is 1.95. The summed E-state index contributed by atoms with van der Waals surface area (Å²) in [5.74, 6) is 1.13. The predicted octanol–water partition coefficient (Wildman–Crippen LogP) is 2.72. The Kier molecular flexibility index (Phi) is 8.73. The van der Waals surface area contributed by atoms with Gasteiger partial charge in [0.25, 0.3) is 0 Å². The highest BCUT2D eigenvalue weighted by Crippen LogP contribution is 1.97. The molecule has 2 N–H and O–H groups in total. The third kappa shape index (κ3) is 9.19. The highest BCUT2D eigenvalue weighted by molar-refractivity contribution is 4.89. The van der Waals surface area contributed by atoms with Crippen LogP contribution in [0.25, 0.3) is 0 Å². The van der Waals surface area contributed by atoms with Crippen molar-refractivity contribution in [2.45, 2.75) is 39.5 Å². The van der Waals surface area contributed by atoms with Gasteiger partial charge in [-0.25, -0.2) is 0 Å². The molecule has 88 valence electrons. The second-order valence-electron chi connectivity index (χ2n) is 3.51. The van der Waals surface area contributed by atoms with Crippen LogP contribution in [0.5, 0.6) is 0 Å². The maximum atomic E-state index is 5.33. The number of rotatable bonds is 10. The molecular formula is C12H24N2O. The number of nitrogens with one attached hydrogen (secondary N) is 2. The van der Waals surface area contributed by atoms with Crippen LogP contribution >= 0.6 is 0 Å². The van der Waals surface area contributed by atoms with Crippen molar-refractivity contribution in [3.8, 4) is 0 Å². The summed E-state index contributed by atoms with van der Waals surface area (Å²) in [4.78, 5) is 0. The fraction of sp³-hybridized carbons (Fsp3) is 0.667. The van der Waals surface area contributed by atoms with Gasteiger partial charge >= 0.3 is 0 Å². The van der Waals surface area contributed by atoms with Gasteiger partial charge in [-0.05, 0) is 26.0 Å². The Morgan fingerprint density at radius 1 is 0.933 bits per heavy atom. The lowest BCUT2D eigenvalue weighted by Crippen LogP contribution is -2.21. The first-order valence-electron chi connectivity index (χ1n) is 5.74. The van der Waals surface area contributed by atoms with Gasteiger partial charge in [-0.3, -0.25) is 0 Å². The molecule has 0 aliphatic heterocycles. The van der Waals surface area contributed by atoms with E-state index in [0.29, 0.717) is 11.8 Å². The van der Waals surface area contributed by atoms with Crippen LogP contribution in [-0.2, 0) is 4.74 Å². The molecule has 0 atom stereocenters. The first-order chi connectivity index (χ1) is 7.20. The summed E-state index contributed by atoms with van der Waals surface area (Å²) in [5.41, 5.74) is 0. The molecule has 0 aliphatic rings. The third-order valence-electron chi connectivity index (χ3n) is 1.95. The van der Waals surface area contributed by atoms with Crippen LogP contribution in [0, 0.1) is 0 Å². The van der Waals surface area contributed by atoms with E-state index in [1.165, 1.54) is 0 Å². The van der Waals surface area contributed by atoms with E-state index in [9.17, 15) is 0 Å². The van der Waals surface area contributed by atoms with E-state index in [4.69, 9.17) is 4.74 Å². The van der Waals surface area contributed by atoms with Crippen molar-refractivity contribution < 1.29 is 4.74 Å². The number of hydrogen-bond acceptors (Lipinski definition) is 3. The maximum Gasteiger partial charge on any atom is 0.188 e. The molecule has 0 amide bonds. The highest BCUT2D eigenvalue weighted by Gasteiger charge is 1.97. The molecule has 0 rings (SSSR count). The van der Waals surface area contributed by atoms with E-state index in [1.54, 1.807) is 0 Å². The number of unbranched alkanes of at least 4 members (excludes halogenated alkanes) is 2. The molecule has 0 fully saturated rings. The summed E-state index contributed by atoms with van der Waals surface area (Å²) >= 11 is 0. The molecular weight excluding hydrogens is 188 g/mol. The van der Waals surface area contributed by atoms with Crippen molar-refractivity contribution in [3.63, 3.8) is 0 Å². The lowest BCUT2D eigenvalue weighted by Gasteiger charge is -2.13. The molecule has 0 saturated carbocycles. The van der Waals surface area contributed by atoms with Gasteiger partial charge in [-0.2, -0.15) is 0 Å². The smallest absolute Gasteiger partial charge is 0.188 e. The summed E-state index contributed by atoms with van der Waals surface area (Å²) < 4.78 is 5.33. The summed E-state index contributed by atoms with van der Waals surface area (Å²) in [6.07, 6.45) is 4.57. The zero-order valence-corrected chi connectivity index (χ0v) is 10.1. The van der Waals surface area contributed by atoms with Crippen molar-refractivity contribution in [1.29, 1.82) is 0 Å². The summed E-state index contributed by atoms with van der Waals surface area (Å²) in [7, 11) is 0. The van der Waals surface area contributed by atoms with Crippen LogP contribution in [0.1, 0.15) is 39.5 Å². The van der Waals surface area contributed by atoms with Crippen LogP contribution in [0.2, 0.25) is 0 Å². The normalized spacial score (nSPS) is 9.47. The van der Waals surface area contributed by atoms with Gasteiger partial charge in [-0.15, -0.1) is 0 Å². The van der Waals surface area contributed by atoms with Crippen LogP contribution < -0.4 is 10.6 Å². The fourth-order valence-corrected chi connectivity index (χ4v) is 1.03. The van der Waals surface area contributed by atoms with Crippen molar-refractivity contribution >= 4 is 0 Å². The monoisotopic (exact) mass is 212 g/mol. The van der Waals surface area contributed by atoms with Gasteiger partial charge in [-0.1, -0.05) is 26.7 Å². The van der Waals surface area contributed by atoms with E-state index in [2.05, 4.69) is 37.6 Å². The van der Waals surface area contributed by atoms with Crippen molar-refractivity contribution in [2.24, 2.45) is 0 Å². The quantitative estimate of drug-likeness (QED) is 0.431. The average molecular weight is 212 g/mol. The van der Waals surface area contributed by atoms with Gasteiger partial charge in [0.1, 0.15) is 0 Å². The van der Waals surface area contributed by atoms with Gasteiger partial charge in [0, 0.05) is 13.1 Å². The molecule has 0 aromatic rings. The molecule has 0 aromatic heterocycles. The van der Waals surface area contributed by atoms with E-state index < -0.39 is 0 Å². The highest BCUT2D eigenvalue weighted by atomic mass is 16.5. The van der Waals surface area contributed by atoms with Gasteiger partial charge in [0.05, 0.1) is 0 Å². The molecule has 0 bridgehead atoms. The topological polar surface area (TPSA) is 33.3 Å². The van der Waals surface area contributed by atoms with Crippen LogP contribution in [0.4, 0.5) is 0 Å². The van der Waals surface area contributed by atoms with Gasteiger partial charge in [0.2, 0.25) is 0 Å². The summed E-state index contributed by atoms with van der Waals surface area (Å²) in [5, 5.41) is 6.17. The van der Waals surface area contributed by atoms with Crippen LogP contribution in [0.3, 0.4) is 0 Å². The maximum absolute atomic E-state index is 5.33. The fourth-order valence-electron chi connectivity index (χ4n) is 1.03. The minimum Gasteiger partial charge on any atom is -0.427 e. The Balaban J connectivity index is 3.45. The molecule has 0 aliphatic carbocycles. The zero-order valence-electron chi connectivity index (χ0n) is 10.1. The second kappa shape index (κ2) is 9.44. The van der Waals surface area contributed by atoms with E-state index in [1.807, 2.05) is 0 Å². The molecule has 0 aromatic carbocycles. The molecule has 0 heterocycles. The Morgan fingerprint density at radius 2 is 1.33 bits per heavy atom. The largest absolute Gasteiger partial charge is 0.427 e. The second-order valence-corrected chi connectivity index (χ2v) is 3.51. The van der Waals surface area contributed by atoms with Crippen molar-refractivity contribution in [3.05, 3.63) is 24.9 Å². The van der Waals surface area contributed by atoms with Gasteiger partial charge in [0.15, 0.2) is 11.8 Å². The first kappa shape index (κ1) is 13.9. The minimum atomic E-state index is 0.567. The minimum absolute atomic E-state index is 0.567. The SMILES string of the molecule is C=C(NCCCC)OC(=C)NCCCC. The van der Waals surface area contributed by atoms with E-state index in [-0.39, 0.29) is 0 Å². The molecule has 3 nitrogen and oxygen atoms in total. The molecule has 15 heavy (non-hydrogen) atoms. The van der Waals surface area contributed by atoms with Gasteiger partial charge < -0.3 is 15.4 Å². The standard InChI is InChI=1S/C12H24N2O/c1-5-7-9-13-11(3)15-12(4)14-10-8-6-2/h13-14H,3-10H2,1-2H3. The molecule has 0 spiro atoms. The van der Waals surface area contributed by atoms with Crippen molar-refractivity contribution in [1.82, 2.24) is 10.6 Å².